The van der Waals surface area contributed by atoms with E-state index in [1.165, 1.54) is 4.90 Å². The SMILES string of the molecule is CCSC1CC(C)(O)N(CCO)C1=O. The maximum atomic E-state index is 11.7. The van der Waals surface area contributed by atoms with Gasteiger partial charge in [0.1, 0.15) is 5.72 Å². The van der Waals surface area contributed by atoms with Crippen LogP contribution in [0.15, 0.2) is 0 Å². The van der Waals surface area contributed by atoms with Gasteiger partial charge in [-0.05, 0) is 12.7 Å². The molecule has 1 amide bonds. The largest absolute Gasteiger partial charge is 0.395 e. The lowest BCUT2D eigenvalue weighted by Crippen LogP contribution is -2.44. The van der Waals surface area contributed by atoms with Crippen LogP contribution in [0.3, 0.4) is 0 Å². The molecule has 0 aliphatic carbocycles. The van der Waals surface area contributed by atoms with Gasteiger partial charge < -0.3 is 15.1 Å². The van der Waals surface area contributed by atoms with Gasteiger partial charge in [0.2, 0.25) is 5.91 Å². The third-order valence-electron chi connectivity index (χ3n) is 2.39. The molecule has 0 saturated carbocycles. The number of thioether (sulfide) groups is 1. The Morgan fingerprint density at radius 2 is 2.36 bits per heavy atom. The summed E-state index contributed by atoms with van der Waals surface area (Å²) >= 11 is 1.55. The molecular weight excluding hydrogens is 202 g/mol. The van der Waals surface area contributed by atoms with E-state index in [1.54, 1.807) is 18.7 Å². The topological polar surface area (TPSA) is 60.8 Å². The van der Waals surface area contributed by atoms with E-state index in [0.29, 0.717) is 6.42 Å². The van der Waals surface area contributed by atoms with Gasteiger partial charge in [-0.15, -0.1) is 11.8 Å². The molecule has 1 rings (SSSR count). The Morgan fingerprint density at radius 3 is 2.86 bits per heavy atom. The van der Waals surface area contributed by atoms with Gasteiger partial charge in [-0.25, -0.2) is 0 Å². The summed E-state index contributed by atoms with van der Waals surface area (Å²) in [6.45, 7) is 3.72. The highest BCUT2D eigenvalue weighted by atomic mass is 32.2. The molecule has 82 valence electrons. The molecule has 1 aliphatic heterocycles. The van der Waals surface area contributed by atoms with E-state index in [4.69, 9.17) is 5.11 Å². The Bertz CT molecular complexity index is 220. The van der Waals surface area contributed by atoms with E-state index in [0.717, 1.165) is 5.75 Å². The molecule has 0 spiro atoms. The van der Waals surface area contributed by atoms with Gasteiger partial charge in [-0.3, -0.25) is 4.79 Å². The van der Waals surface area contributed by atoms with Gasteiger partial charge in [0.25, 0.3) is 0 Å². The molecule has 1 aliphatic rings. The van der Waals surface area contributed by atoms with Gasteiger partial charge in [-0.1, -0.05) is 6.92 Å². The average molecular weight is 219 g/mol. The molecule has 2 atom stereocenters. The number of nitrogens with zero attached hydrogens (tertiary/aromatic N) is 1. The number of hydrogen-bond donors (Lipinski definition) is 2. The summed E-state index contributed by atoms with van der Waals surface area (Å²) in [6, 6.07) is 0. The van der Waals surface area contributed by atoms with Gasteiger partial charge in [0.15, 0.2) is 0 Å². The number of likely N-dealkylation sites (tertiary alicyclic amines) is 1. The molecule has 0 aromatic heterocycles. The van der Waals surface area contributed by atoms with Crippen LogP contribution in [0.4, 0.5) is 0 Å². The average Bonchev–Trinajstić information content (AvgIpc) is 2.30. The molecule has 5 heteroatoms. The summed E-state index contributed by atoms with van der Waals surface area (Å²) in [7, 11) is 0. The van der Waals surface area contributed by atoms with Crippen LogP contribution in [-0.4, -0.2) is 50.9 Å². The fourth-order valence-corrected chi connectivity index (χ4v) is 2.85. The van der Waals surface area contributed by atoms with E-state index >= 15 is 0 Å². The minimum Gasteiger partial charge on any atom is -0.395 e. The van der Waals surface area contributed by atoms with Crippen LogP contribution in [0.25, 0.3) is 0 Å². The van der Waals surface area contributed by atoms with Crippen molar-refractivity contribution in [2.45, 2.75) is 31.2 Å². The van der Waals surface area contributed by atoms with Gasteiger partial charge >= 0.3 is 0 Å². The normalized spacial score (nSPS) is 32.7. The zero-order valence-corrected chi connectivity index (χ0v) is 9.38. The van der Waals surface area contributed by atoms with E-state index < -0.39 is 5.72 Å². The molecule has 0 radical (unpaired) electrons. The molecule has 4 nitrogen and oxygen atoms in total. The molecule has 2 N–H and O–H groups in total. The van der Waals surface area contributed by atoms with Crippen molar-refractivity contribution in [2.24, 2.45) is 0 Å². The maximum Gasteiger partial charge on any atom is 0.238 e. The second-order valence-electron chi connectivity index (χ2n) is 3.58. The van der Waals surface area contributed by atoms with Crippen molar-refractivity contribution in [3.05, 3.63) is 0 Å². The van der Waals surface area contributed by atoms with Crippen molar-refractivity contribution in [3.63, 3.8) is 0 Å². The fraction of sp³-hybridized carbons (Fsp3) is 0.889. The Morgan fingerprint density at radius 1 is 1.71 bits per heavy atom. The second kappa shape index (κ2) is 4.51. The van der Waals surface area contributed by atoms with Crippen LogP contribution >= 0.6 is 11.8 Å². The van der Waals surface area contributed by atoms with Crippen molar-refractivity contribution in [1.82, 2.24) is 4.90 Å². The van der Waals surface area contributed by atoms with Crippen molar-refractivity contribution in [1.29, 1.82) is 0 Å². The Kier molecular flexibility index (Phi) is 3.80. The number of carbonyl (C=O) groups is 1. The first-order valence-corrected chi connectivity index (χ1v) is 5.84. The van der Waals surface area contributed by atoms with Crippen molar-refractivity contribution < 1.29 is 15.0 Å². The zero-order chi connectivity index (χ0) is 10.8. The summed E-state index contributed by atoms with van der Waals surface area (Å²) in [5.74, 6) is 0.801. The van der Waals surface area contributed by atoms with E-state index in [2.05, 4.69) is 0 Å². The first-order chi connectivity index (χ1) is 6.53. The predicted octanol–water partition coefficient (Wildman–Crippen LogP) is 0.0412. The first kappa shape index (κ1) is 11.8. The standard InChI is InChI=1S/C9H17NO3S/c1-3-14-7-6-9(2,13)10(4-5-11)8(7)12/h7,11,13H,3-6H2,1-2H3. The summed E-state index contributed by atoms with van der Waals surface area (Å²) in [4.78, 5) is 13.1. The smallest absolute Gasteiger partial charge is 0.238 e. The summed E-state index contributed by atoms with van der Waals surface area (Å²) in [5.41, 5.74) is -1.09. The number of rotatable bonds is 4. The lowest BCUT2D eigenvalue weighted by atomic mass is 10.2. The molecule has 0 aromatic rings. The summed E-state index contributed by atoms with van der Waals surface area (Å²) < 4.78 is 0. The Labute approximate surface area is 88.3 Å². The Hall–Kier alpha value is -0.260. The van der Waals surface area contributed by atoms with Crippen LogP contribution < -0.4 is 0 Å². The molecule has 1 fully saturated rings. The van der Waals surface area contributed by atoms with E-state index in [1.807, 2.05) is 6.92 Å². The van der Waals surface area contributed by atoms with Crippen molar-refractivity contribution in [3.8, 4) is 0 Å². The van der Waals surface area contributed by atoms with Crippen LogP contribution in [0.2, 0.25) is 0 Å². The molecule has 1 heterocycles. The molecule has 1 saturated heterocycles. The maximum absolute atomic E-state index is 11.7. The number of aliphatic hydroxyl groups excluding tert-OH is 1. The van der Waals surface area contributed by atoms with E-state index in [9.17, 15) is 9.90 Å². The number of carbonyl (C=O) groups excluding carboxylic acids is 1. The number of hydrogen-bond acceptors (Lipinski definition) is 4. The highest BCUT2D eigenvalue weighted by Crippen LogP contribution is 2.34. The lowest BCUT2D eigenvalue weighted by molar-refractivity contribution is -0.143. The van der Waals surface area contributed by atoms with E-state index in [-0.39, 0.29) is 24.3 Å². The molecule has 0 aromatic carbocycles. The second-order valence-corrected chi connectivity index (χ2v) is 5.06. The molecule has 14 heavy (non-hydrogen) atoms. The minimum atomic E-state index is -1.09. The van der Waals surface area contributed by atoms with Crippen molar-refractivity contribution in [2.75, 3.05) is 18.9 Å². The number of β-amino-alcohol motifs (C(OH)–C–C–N with tert-alkyl or cyclic N) is 1. The third kappa shape index (κ3) is 2.21. The summed E-state index contributed by atoms with van der Waals surface area (Å²) in [5, 5.41) is 18.6. The first-order valence-electron chi connectivity index (χ1n) is 4.79. The molecule has 0 bridgehead atoms. The fourth-order valence-electron chi connectivity index (χ4n) is 1.74. The Balaban J connectivity index is 2.70. The zero-order valence-electron chi connectivity index (χ0n) is 8.56. The third-order valence-corrected chi connectivity index (χ3v) is 3.49. The van der Waals surface area contributed by atoms with Gasteiger partial charge in [0, 0.05) is 13.0 Å². The lowest BCUT2D eigenvalue weighted by Gasteiger charge is -2.28. The quantitative estimate of drug-likeness (QED) is 0.701. The number of amides is 1. The van der Waals surface area contributed by atoms with Crippen LogP contribution in [0, 0.1) is 0 Å². The van der Waals surface area contributed by atoms with Crippen LogP contribution in [0.5, 0.6) is 0 Å². The van der Waals surface area contributed by atoms with Crippen LogP contribution in [0.1, 0.15) is 20.3 Å². The van der Waals surface area contributed by atoms with Gasteiger partial charge in [-0.2, -0.15) is 0 Å². The summed E-state index contributed by atoms with van der Waals surface area (Å²) in [6.07, 6.45) is 0.449. The molecule has 2 unspecified atom stereocenters. The van der Waals surface area contributed by atoms with Crippen LogP contribution in [-0.2, 0) is 4.79 Å². The highest BCUT2D eigenvalue weighted by molar-refractivity contribution is 8.00. The number of aliphatic hydroxyl groups is 2. The highest BCUT2D eigenvalue weighted by Gasteiger charge is 2.46. The minimum absolute atomic E-state index is 0.0594. The van der Waals surface area contributed by atoms with Crippen molar-refractivity contribution >= 4 is 17.7 Å². The van der Waals surface area contributed by atoms with Gasteiger partial charge in [0.05, 0.1) is 11.9 Å². The molecular formula is C9H17NO3S. The predicted molar refractivity (Wildman–Crippen MR) is 56.0 cm³/mol. The monoisotopic (exact) mass is 219 g/mol.